The van der Waals surface area contributed by atoms with Gasteiger partial charge in [0.1, 0.15) is 5.75 Å². The van der Waals surface area contributed by atoms with E-state index in [-0.39, 0.29) is 0 Å². The molecule has 1 heterocycles. The number of nitrogens with zero attached hydrogens (tertiary/aromatic N) is 3. The molecule has 1 aromatic heterocycles. The zero-order chi connectivity index (χ0) is 19.3. The molecule has 0 saturated heterocycles. The molecular weight excluding hydrogens is 372 g/mol. The Balaban J connectivity index is 1.72. The molecule has 0 atom stereocenters. The lowest BCUT2D eigenvalue weighted by atomic mass is 10.1. The van der Waals surface area contributed by atoms with Crippen LogP contribution in [0.15, 0.2) is 77.9 Å². The summed E-state index contributed by atoms with van der Waals surface area (Å²) >= 11 is 6.19. The van der Waals surface area contributed by atoms with Crippen molar-refractivity contribution in [2.45, 2.75) is 0 Å². The Morgan fingerprint density at radius 3 is 2.57 bits per heavy atom. The standard InChI is InChI=1S/C22H17ClN4O/c1-28-20-10-6-5-9-16(20)14-24-27-22-25-19-12-11-17(23)13-18(19)21(26-22)15-7-3-2-4-8-15/h2-14H,1H3,(H,25,26,27)/b24-14-. The van der Waals surface area contributed by atoms with E-state index in [9.17, 15) is 0 Å². The fourth-order valence-corrected chi connectivity index (χ4v) is 3.07. The first kappa shape index (κ1) is 17.9. The number of nitrogens with one attached hydrogen (secondary N) is 1. The van der Waals surface area contributed by atoms with Crippen LogP contribution in [0, 0.1) is 0 Å². The van der Waals surface area contributed by atoms with Gasteiger partial charge in [0.25, 0.3) is 0 Å². The number of rotatable bonds is 5. The topological polar surface area (TPSA) is 59.4 Å². The molecule has 4 rings (SSSR count). The Morgan fingerprint density at radius 1 is 0.964 bits per heavy atom. The Hall–Kier alpha value is -3.44. The second-order valence-corrected chi connectivity index (χ2v) is 6.47. The number of methoxy groups -OCH3 is 1. The van der Waals surface area contributed by atoms with E-state index >= 15 is 0 Å². The second kappa shape index (κ2) is 8.06. The van der Waals surface area contributed by atoms with Gasteiger partial charge in [0.05, 0.1) is 24.5 Å². The third-order valence-corrected chi connectivity index (χ3v) is 4.45. The third-order valence-electron chi connectivity index (χ3n) is 4.21. The highest BCUT2D eigenvalue weighted by molar-refractivity contribution is 6.31. The SMILES string of the molecule is COc1ccccc1/C=N\Nc1nc(-c2ccccc2)c2cc(Cl)ccc2n1. The summed E-state index contributed by atoms with van der Waals surface area (Å²) < 4.78 is 5.33. The summed E-state index contributed by atoms with van der Waals surface area (Å²) in [4.78, 5) is 9.21. The number of ether oxygens (including phenoxy) is 1. The average Bonchev–Trinajstić information content (AvgIpc) is 2.74. The van der Waals surface area contributed by atoms with E-state index in [1.165, 1.54) is 0 Å². The smallest absolute Gasteiger partial charge is 0.244 e. The van der Waals surface area contributed by atoms with Crippen LogP contribution in [0.25, 0.3) is 22.2 Å². The number of hydrazone groups is 1. The molecule has 1 N–H and O–H groups in total. The van der Waals surface area contributed by atoms with Gasteiger partial charge in [-0.05, 0) is 30.3 Å². The normalized spacial score (nSPS) is 11.1. The van der Waals surface area contributed by atoms with Crippen molar-refractivity contribution in [3.05, 3.63) is 83.4 Å². The van der Waals surface area contributed by atoms with E-state index in [0.717, 1.165) is 33.5 Å². The number of anilines is 1. The number of benzene rings is 3. The maximum atomic E-state index is 6.19. The van der Waals surface area contributed by atoms with E-state index in [1.807, 2.05) is 72.8 Å². The first-order valence-corrected chi connectivity index (χ1v) is 9.07. The van der Waals surface area contributed by atoms with Crippen LogP contribution in [-0.2, 0) is 0 Å². The van der Waals surface area contributed by atoms with Crippen LogP contribution in [0.2, 0.25) is 5.02 Å². The number of para-hydroxylation sites is 1. The van der Waals surface area contributed by atoms with Crippen LogP contribution in [-0.4, -0.2) is 23.3 Å². The molecule has 0 aliphatic heterocycles. The summed E-state index contributed by atoms with van der Waals surface area (Å²) in [6.45, 7) is 0. The number of hydrogen-bond donors (Lipinski definition) is 1. The molecule has 138 valence electrons. The van der Waals surface area contributed by atoms with Crippen molar-refractivity contribution in [3.8, 4) is 17.0 Å². The van der Waals surface area contributed by atoms with Gasteiger partial charge >= 0.3 is 0 Å². The Morgan fingerprint density at radius 2 is 1.75 bits per heavy atom. The van der Waals surface area contributed by atoms with Crippen molar-refractivity contribution in [1.29, 1.82) is 0 Å². The van der Waals surface area contributed by atoms with E-state index in [0.29, 0.717) is 11.0 Å². The average molecular weight is 389 g/mol. The largest absolute Gasteiger partial charge is 0.496 e. The summed E-state index contributed by atoms with van der Waals surface area (Å²) in [5.74, 6) is 1.15. The summed E-state index contributed by atoms with van der Waals surface area (Å²) in [6.07, 6.45) is 1.68. The molecule has 6 heteroatoms. The molecule has 0 fully saturated rings. The van der Waals surface area contributed by atoms with E-state index in [2.05, 4.69) is 20.5 Å². The molecule has 0 aliphatic carbocycles. The van der Waals surface area contributed by atoms with Crippen LogP contribution < -0.4 is 10.2 Å². The van der Waals surface area contributed by atoms with Crippen molar-refractivity contribution >= 4 is 34.7 Å². The van der Waals surface area contributed by atoms with Crippen molar-refractivity contribution in [3.63, 3.8) is 0 Å². The second-order valence-electron chi connectivity index (χ2n) is 6.04. The summed E-state index contributed by atoms with van der Waals surface area (Å²) in [5.41, 5.74) is 6.34. The zero-order valence-corrected chi connectivity index (χ0v) is 15.9. The van der Waals surface area contributed by atoms with Gasteiger partial charge in [-0.3, -0.25) is 0 Å². The molecular formula is C22H17ClN4O. The highest BCUT2D eigenvalue weighted by Crippen LogP contribution is 2.29. The number of aromatic nitrogens is 2. The third kappa shape index (κ3) is 3.80. The van der Waals surface area contributed by atoms with Crippen molar-refractivity contribution in [2.75, 3.05) is 12.5 Å². The molecule has 0 saturated carbocycles. The Labute approximate surface area is 167 Å². The number of fused-ring (bicyclic) bond motifs is 1. The lowest BCUT2D eigenvalue weighted by Crippen LogP contribution is -2.00. The van der Waals surface area contributed by atoms with Gasteiger partial charge < -0.3 is 4.74 Å². The number of halogens is 1. The monoisotopic (exact) mass is 388 g/mol. The van der Waals surface area contributed by atoms with Crippen molar-refractivity contribution in [1.82, 2.24) is 9.97 Å². The lowest BCUT2D eigenvalue weighted by molar-refractivity contribution is 0.414. The predicted molar refractivity (Wildman–Crippen MR) is 114 cm³/mol. The van der Waals surface area contributed by atoms with E-state index in [4.69, 9.17) is 16.3 Å². The molecule has 0 radical (unpaired) electrons. The van der Waals surface area contributed by atoms with Crippen LogP contribution in [0.4, 0.5) is 5.95 Å². The van der Waals surface area contributed by atoms with Gasteiger partial charge in [-0.2, -0.15) is 5.10 Å². The van der Waals surface area contributed by atoms with Gasteiger partial charge in [0.2, 0.25) is 5.95 Å². The van der Waals surface area contributed by atoms with Crippen LogP contribution >= 0.6 is 11.6 Å². The highest BCUT2D eigenvalue weighted by Gasteiger charge is 2.10. The maximum Gasteiger partial charge on any atom is 0.244 e. The molecule has 3 aromatic carbocycles. The molecule has 0 amide bonds. The Kier molecular flexibility index (Phi) is 5.17. The van der Waals surface area contributed by atoms with Crippen molar-refractivity contribution in [2.24, 2.45) is 5.10 Å². The molecule has 0 spiro atoms. The molecule has 0 aliphatic rings. The summed E-state index contributed by atoms with van der Waals surface area (Å²) in [6, 6.07) is 23.1. The van der Waals surface area contributed by atoms with Gasteiger partial charge in [0.15, 0.2) is 0 Å². The van der Waals surface area contributed by atoms with Gasteiger partial charge in [0, 0.05) is 21.5 Å². The fourth-order valence-electron chi connectivity index (χ4n) is 2.90. The Bertz CT molecular complexity index is 1150. The molecule has 4 aromatic rings. The van der Waals surface area contributed by atoms with Gasteiger partial charge in [-0.25, -0.2) is 15.4 Å². The summed E-state index contributed by atoms with van der Waals surface area (Å²) in [5, 5.41) is 5.80. The zero-order valence-electron chi connectivity index (χ0n) is 15.1. The predicted octanol–water partition coefficient (Wildman–Crippen LogP) is 5.40. The first-order chi connectivity index (χ1) is 13.7. The van der Waals surface area contributed by atoms with Gasteiger partial charge in [-0.1, -0.05) is 54.1 Å². The van der Waals surface area contributed by atoms with Crippen LogP contribution in [0.3, 0.4) is 0 Å². The molecule has 0 bridgehead atoms. The number of hydrogen-bond acceptors (Lipinski definition) is 5. The molecule has 28 heavy (non-hydrogen) atoms. The summed E-state index contributed by atoms with van der Waals surface area (Å²) in [7, 11) is 1.63. The van der Waals surface area contributed by atoms with E-state index < -0.39 is 0 Å². The van der Waals surface area contributed by atoms with Gasteiger partial charge in [-0.15, -0.1) is 0 Å². The first-order valence-electron chi connectivity index (χ1n) is 8.69. The minimum Gasteiger partial charge on any atom is -0.496 e. The van der Waals surface area contributed by atoms with Crippen LogP contribution in [0.5, 0.6) is 5.75 Å². The molecule has 0 unspecified atom stereocenters. The lowest BCUT2D eigenvalue weighted by Gasteiger charge is -2.09. The minimum absolute atomic E-state index is 0.403. The maximum absolute atomic E-state index is 6.19. The fraction of sp³-hybridized carbons (Fsp3) is 0.0455. The van der Waals surface area contributed by atoms with Crippen LogP contribution in [0.1, 0.15) is 5.56 Å². The molecule has 5 nitrogen and oxygen atoms in total. The minimum atomic E-state index is 0.403. The van der Waals surface area contributed by atoms with Crippen molar-refractivity contribution < 1.29 is 4.74 Å². The quantitative estimate of drug-likeness (QED) is 0.367. The van der Waals surface area contributed by atoms with E-state index in [1.54, 1.807) is 13.3 Å². The highest BCUT2D eigenvalue weighted by atomic mass is 35.5.